The van der Waals surface area contributed by atoms with Gasteiger partial charge in [0.25, 0.3) is 0 Å². The molecule has 0 aliphatic heterocycles. The summed E-state index contributed by atoms with van der Waals surface area (Å²) in [6.07, 6.45) is 6.55. The van der Waals surface area contributed by atoms with Gasteiger partial charge in [-0.15, -0.1) is 10.2 Å². The van der Waals surface area contributed by atoms with E-state index in [1.165, 1.54) is 0 Å². The first-order valence-corrected chi connectivity index (χ1v) is 5.01. The standard InChI is InChI=1S/C10H14N5/c1-3-5-15-6-4-9(7-12-15)10-13-11-8-14(10)2/h4,6-8H,3,5H2,1-2H3/q+1. The van der Waals surface area contributed by atoms with E-state index in [1.54, 1.807) is 6.33 Å². The summed E-state index contributed by atoms with van der Waals surface area (Å²) in [6, 6.07) is 2.01. The second-order valence-electron chi connectivity index (χ2n) is 3.44. The number of hydrogen-bond donors (Lipinski definition) is 0. The molecule has 0 amide bonds. The third-order valence-electron chi connectivity index (χ3n) is 2.19. The fraction of sp³-hybridized carbons (Fsp3) is 0.400. The van der Waals surface area contributed by atoms with Gasteiger partial charge in [0.05, 0.1) is 0 Å². The molecule has 0 fully saturated rings. The molecular weight excluding hydrogens is 190 g/mol. The molecular formula is C10H14N5+. The molecule has 0 aromatic carbocycles. The fourth-order valence-corrected chi connectivity index (χ4v) is 1.42. The minimum atomic E-state index is 0.839. The quantitative estimate of drug-likeness (QED) is 0.687. The molecule has 0 saturated carbocycles. The van der Waals surface area contributed by atoms with Crippen molar-refractivity contribution in [3.8, 4) is 11.4 Å². The van der Waals surface area contributed by atoms with Gasteiger partial charge in [0, 0.05) is 25.1 Å². The lowest BCUT2D eigenvalue weighted by molar-refractivity contribution is -0.753. The van der Waals surface area contributed by atoms with Crippen LogP contribution in [0.5, 0.6) is 0 Å². The molecule has 0 aliphatic carbocycles. The first-order chi connectivity index (χ1) is 7.31. The maximum absolute atomic E-state index is 4.30. The Morgan fingerprint density at radius 3 is 2.87 bits per heavy atom. The summed E-state index contributed by atoms with van der Waals surface area (Å²) in [7, 11) is 1.92. The van der Waals surface area contributed by atoms with Gasteiger partial charge in [0.2, 0.25) is 0 Å². The summed E-state index contributed by atoms with van der Waals surface area (Å²) < 4.78 is 3.79. The second kappa shape index (κ2) is 4.16. The van der Waals surface area contributed by atoms with Gasteiger partial charge in [-0.3, -0.25) is 0 Å². The summed E-state index contributed by atoms with van der Waals surface area (Å²) in [5.74, 6) is 0.839. The summed E-state index contributed by atoms with van der Waals surface area (Å²) >= 11 is 0. The lowest BCUT2D eigenvalue weighted by Gasteiger charge is -1.97. The number of aromatic nitrogens is 5. The van der Waals surface area contributed by atoms with E-state index in [2.05, 4.69) is 22.2 Å². The van der Waals surface area contributed by atoms with Crippen molar-refractivity contribution in [2.75, 3.05) is 0 Å². The van der Waals surface area contributed by atoms with Crippen LogP contribution in [-0.2, 0) is 13.6 Å². The van der Waals surface area contributed by atoms with Crippen molar-refractivity contribution in [2.45, 2.75) is 19.9 Å². The van der Waals surface area contributed by atoms with Crippen LogP contribution in [0.15, 0.2) is 24.8 Å². The van der Waals surface area contributed by atoms with E-state index in [0.29, 0.717) is 0 Å². The van der Waals surface area contributed by atoms with Gasteiger partial charge in [-0.25, -0.2) is 0 Å². The zero-order valence-electron chi connectivity index (χ0n) is 8.96. The average molecular weight is 204 g/mol. The topological polar surface area (TPSA) is 47.5 Å². The number of rotatable bonds is 3. The molecule has 2 aromatic rings. The minimum absolute atomic E-state index is 0.839. The molecule has 0 atom stereocenters. The van der Waals surface area contributed by atoms with Crippen LogP contribution in [0.1, 0.15) is 13.3 Å². The molecule has 0 radical (unpaired) electrons. The van der Waals surface area contributed by atoms with Crippen LogP contribution in [-0.4, -0.2) is 19.9 Å². The molecule has 2 heterocycles. The zero-order chi connectivity index (χ0) is 10.7. The van der Waals surface area contributed by atoms with E-state index >= 15 is 0 Å². The second-order valence-corrected chi connectivity index (χ2v) is 3.44. The molecule has 0 aliphatic rings. The Hall–Kier alpha value is -1.78. The first kappa shape index (κ1) is 9.76. The van der Waals surface area contributed by atoms with Gasteiger partial charge >= 0.3 is 0 Å². The molecule has 0 bridgehead atoms. The highest BCUT2D eigenvalue weighted by Crippen LogP contribution is 2.11. The molecule has 2 rings (SSSR count). The van der Waals surface area contributed by atoms with Crippen molar-refractivity contribution in [3.63, 3.8) is 0 Å². The Balaban J connectivity index is 2.28. The van der Waals surface area contributed by atoms with Crippen LogP contribution in [0.2, 0.25) is 0 Å². The van der Waals surface area contributed by atoms with Crippen LogP contribution in [0.3, 0.4) is 0 Å². The Morgan fingerprint density at radius 2 is 2.33 bits per heavy atom. The van der Waals surface area contributed by atoms with Crippen molar-refractivity contribution in [1.29, 1.82) is 0 Å². The number of aryl methyl sites for hydroxylation is 2. The van der Waals surface area contributed by atoms with E-state index in [9.17, 15) is 0 Å². The van der Waals surface area contributed by atoms with Gasteiger partial charge in [0.15, 0.2) is 18.6 Å². The van der Waals surface area contributed by atoms with E-state index in [0.717, 1.165) is 24.4 Å². The number of nitrogens with zero attached hydrogens (tertiary/aromatic N) is 5. The predicted molar refractivity (Wildman–Crippen MR) is 54.7 cm³/mol. The summed E-state index contributed by atoms with van der Waals surface area (Å²) in [4.78, 5) is 0. The molecule has 15 heavy (non-hydrogen) atoms. The summed E-state index contributed by atoms with van der Waals surface area (Å²) in [5, 5.41) is 12.2. The van der Waals surface area contributed by atoms with Crippen molar-refractivity contribution >= 4 is 0 Å². The van der Waals surface area contributed by atoms with Gasteiger partial charge in [0.1, 0.15) is 12.5 Å². The Labute approximate surface area is 88.4 Å². The zero-order valence-corrected chi connectivity index (χ0v) is 8.96. The predicted octanol–water partition coefficient (Wildman–Crippen LogP) is 0.575. The lowest BCUT2D eigenvalue weighted by Crippen LogP contribution is -2.36. The van der Waals surface area contributed by atoms with Crippen LogP contribution < -0.4 is 4.68 Å². The molecule has 5 heteroatoms. The third-order valence-corrected chi connectivity index (χ3v) is 2.19. The van der Waals surface area contributed by atoms with Gasteiger partial charge in [-0.1, -0.05) is 11.6 Å². The maximum atomic E-state index is 4.30. The molecule has 78 valence electrons. The number of hydrogen-bond acceptors (Lipinski definition) is 3. The smallest absolute Gasteiger partial charge is 0.197 e. The monoisotopic (exact) mass is 204 g/mol. The van der Waals surface area contributed by atoms with E-state index < -0.39 is 0 Å². The molecule has 0 N–H and O–H groups in total. The van der Waals surface area contributed by atoms with Gasteiger partial charge < -0.3 is 4.57 Å². The average Bonchev–Trinajstić information content (AvgIpc) is 2.66. The van der Waals surface area contributed by atoms with Crippen LogP contribution in [0.4, 0.5) is 0 Å². The third kappa shape index (κ3) is 2.01. The van der Waals surface area contributed by atoms with Crippen molar-refractivity contribution in [2.24, 2.45) is 7.05 Å². The summed E-state index contributed by atoms with van der Waals surface area (Å²) in [5.41, 5.74) is 0.988. The van der Waals surface area contributed by atoms with Gasteiger partial charge in [-0.05, 0) is 5.10 Å². The minimum Gasteiger partial charge on any atom is -0.317 e. The largest absolute Gasteiger partial charge is 0.317 e. The maximum Gasteiger partial charge on any atom is 0.197 e. The highest BCUT2D eigenvalue weighted by molar-refractivity contribution is 5.51. The first-order valence-electron chi connectivity index (χ1n) is 5.01. The van der Waals surface area contributed by atoms with Crippen LogP contribution in [0, 0.1) is 0 Å². The van der Waals surface area contributed by atoms with Crippen molar-refractivity contribution < 1.29 is 4.68 Å². The Morgan fingerprint density at radius 1 is 1.47 bits per heavy atom. The molecule has 2 aromatic heterocycles. The molecule has 0 spiro atoms. The fourth-order valence-electron chi connectivity index (χ4n) is 1.42. The van der Waals surface area contributed by atoms with Crippen molar-refractivity contribution in [1.82, 2.24) is 19.9 Å². The van der Waals surface area contributed by atoms with Crippen LogP contribution >= 0.6 is 0 Å². The molecule has 5 nitrogen and oxygen atoms in total. The van der Waals surface area contributed by atoms with E-state index in [1.807, 2.05) is 34.8 Å². The molecule has 0 unspecified atom stereocenters. The SMILES string of the molecule is CCC[n+]1ccc(-c2nncn2C)cn1. The van der Waals surface area contributed by atoms with E-state index in [4.69, 9.17) is 0 Å². The van der Waals surface area contributed by atoms with Crippen molar-refractivity contribution in [3.05, 3.63) is 24.8 Å². The van der Waals surface area contributed by atoms with Gasteiger partial charge in [-0.2, -0.15) is 0 Å². The van der Waals surface area contributed by atoms with Crippen LogP contribution in [0.25, 0.3) is 11.4 Å². The molecule has 0 saturated heterocycles. The van der Waals surface area contributed by atoms with E-state index in [-0.39, 0.29) is 0 Å². The lowest BCUT2D eigenvalue weighted by atomic mass is 10.3. The highest BCUT2D eigenvalue weighted by atomic mass is 15.3. The summed E-state index contributed by atoms with van der Waals surface area (Å²) in [6.45, 7) is 3.07. The Kier molecular flexibility index (Phi) is 2.71. The normalized spacial score (nSPS) is 10.5. The highest BCUT2D eigenvalue weighted by Gasteiger charge is 2.07. The Bertz CT molecular complexity index is 431.